The van der Waals surface area contributed by atoms with E-state index < -0.39 is 0 Å². The van der Waals surface area contributed by atoms with Gasteiger partial charge >= 0.3 is 0 Å². The van der Waals surface area contributed by atoms with Gasteiger partial charge < -0.3 is 5.73 Å². The Kier molecular flexibility index (Phi) is 2.06. The Morgan fingerprint density at radius 1 is 1.23 bits per heavy atom. The lowest BCUT2D eigenvalue weighted by Crippen LogP contribution is -1.88. The van der Waals surface area contributed by atoms with Gasteiger partial charge in [0.2, 0.25) is 0 Å². The Hall–Kier alpha value is -1.29. The van der Waals surface area contributed by atoms with E-state index in [2.05, 4.69) is 4.98 Å². The van der Waals surface area contributed by atoms with Crippen LogP contribution in [0.5, 0.6) is 0 Å². The monoisotopic (exact) mass is 194 g/mol. The number of hydrogen-bond acceptors (Lipinski definition) is 3. The van der Waals surface area contributed by atoms with Crippen LogP contribution in [-0.2, 0) is 0 Å². The molecule has 0 radical (unpaired) electrons. The standard InChI is InChI=1S/C9H7FN2S/c10-13-8-2-1-6-5-12-9(11)4-7(6)3-8/h1-5H,(H2,11,12). The topological polar surface area (TPSA) is 38.9 Å². The number of nitrogens with two attached hydrogens (primary N) is 1. The molecule has 0 atom stereocenters. The molecule has 2 N–H and O–H groups in total. The van der Waals surface area contributed by atoms with Crippen LogP contribution >= 0.6 is 12.1 Å². The van der Waals surface area contributed by atoms with Crippen molar-refractivity contribution in [2.24, 2.45) is 0 Å². The van der Waals surface area contributed by atoms with E-state index in [1.165, 1.54) is 0 Å². The molecule has 4 heteroatoms. The quantitative estimate of drug-likeness (QED) is 0.758. The average molecular weight is 194 g/mol. The predicted octanol–water partition coefficient (Wildman–Crippen LogP) is 2.79. The normalized spacial score (nSPS) is 10.5. The maximum absolute atomic E-state index is 12.2. The summed E-state index contributed by atoms with van der Waals surface area (Å²) in [5.74, 6) is 0.452. The number of rotatable bonds is 1. The van der Waals surface area contributed by atoms with Gasteiger partial charge in [-0.1, -0.05) is 6.07 Å². The van der Waals surface area contributed by atoms with Crippen molar-refractivity contribution >= 4 is 28.7 Å². The fourth-order valence-electron chi connectivity index (χ4n) is 1.18. The summed E-state index contributed by atoms with van der Waals surface area (Å²) in [6.07, 6.45) is 1.68. The first-order chi connectivity index (χ1) is 6.29. The predicted molar refractivity (Wildman–Crippen MR) is 53.1 cm³/mol. The van der Waals surface area contributed by atoms with Gasteiger partial charge in [0.25, 0.3) is 0 Å². The first kappa shape index (κ1) is 8.31. The zero-order valence-corrected chi connectivity index (χ0v) is 7.51. The highest BCUT2D eigenvalue weighted by Crippen LogP contribution is 2.24. The summed E-state index contributed by atoms with van der Waals surface area (Å²) >= 11 is 0.228. The molecule has 0 fully saturated rings. The number of fused-ring (bicyclic) bond motifs is 1. The van der Waals surface area contributed by atoms with Crippen LogP contribution in [0, 0.1) is 0 Å². The summed E-state index contributed by atoms with van der Waals surface area (Å²) < 4.78 is 12.2. The molecule has 1 heterocycles. The zero-order chi connectivity index (χ0) is 9.26. The van der Waals surface area contributed by atoms with E-state index in [9.17, 15) is 3.89 Å². The van der Waals surface area contributed by atoms with Crippen molar-refractivity contribution in [2.45, 2.75) is 4.90 Å². The third kappa shape index (κ3) is 1.58. The third-order valence-corrected chi connectivity index (χ3v) is 2.24. The lowest BCUT2D eigenvalue weighted by molar-refractivity contribution is 0.934. The molecule has 66 valence electrons. The highest BCUT2D eigenvalue weighted by atomic mass is 32.2. The fourth-order valence-corrected chi connectivity index (χ4v) is 1.48. The molecule has 1 aromatic heterocycles. The van der Waals surface area contributed by atoms with Crippen LogP contribution in [0.1, 0.15) is 0 Å². The SMILES string of the molecule is Nc1cc2cc(SF)ccc2cn1. The maximum Gasteiger partial charge on any atom is 0.123 e. The second kappa shape index (κ2) is 3.22. The Balaban J connectivity index is 2.68. The lowest BCUT2D eigenvalue weighted by Gasteiger charge is -1.99. The molecule has 13 heavy (non-hydrogen) atoms. The summed E-state index contributed by atoms with van der Waals surface area (Å²) in [6.45, 7) is 0. The van der Waals surface area contributed by atoms with Crippen LogP contribution in [0.25, 0.3) is 10.8 Å². The van der Waals surface area contributed by atoms with Crippen LogP contribution in [-0.4, -0.2) is 4.98 Å². The van der Waals surface area contributed by atoms with Crippen LogP contribution in [0.15, 0.2) is 35.4 Å². The molecule has 0 unspecified atom stereocenters. The number of nitrogens with zero attached hydrogens (tertiary/aromatic N) is 1. The molecule has 0 bridgehead atoms. The average Bonchev–Trinajstić information content (AvgIpc) is 2.16. The van der Waals surface area contributed by atoms with Crippen molar-refractivity contribution in [3.8, 4) is 0 Å². The molecule has 0 aliphatic heterocycles. The van der Waals surface area contributed by atoms with Gasteiger partial charge in [-0.05, 0) is 23.6 Å². The summed E-state index contributed by atoms with van der Waals surface area (Å²) in [5.41, 5.74) is 5.50. The lowest BCUT2D eigenvalue weighted by atomic mass is 10.2. The van der Waals surface area contributed by atoms with Crippen molar-refractivity contribution in [1.82, 2.24) is 4.98 Å². The fraction of sp³-hybridized carbons (Fsp3) is 0. The number of hydrogen-bond donors (Lipinski definition) is 1. The van der Waals surface area contributed by atoms with E-state index in [0.717, 1.165) is 10.8 Å². The van der Waals surface area contributed by atoms with Gasteiger partial charge in [-0.2, -0.15) is 3.89 Å². The molecule has 2 nitrogen and oxygen atoms in total. The van der Waals surface area contributed by atoms with Crippen molar-refractivity contribution in [3.63, 3.8) is 0 Å². The molecule has 0 aliphatic carbocycles. The van der Waals surface area contributed by atoms with E-state index in [1.807, 2.05) is 6.07 Å². The minimum atomic E-state index is 0.228. The molecular weight excluding hydrogens is 187 g/mol. The molecular formula is C9H7FN2S. The Labute approximate surface area is 79.3 Å². The van der Waals surface area contributed by atoms with Gasteiger partial charge in [0, 0.05) is 16.5 Å². The van der Waals surface area contributed by atoms with E-state index in [4.69, 9.17) is 5.73 Å². The number of aromatic nitrogens is 1. The van der Waals surface area contributed by atoms with Gasteiger partial charge in [-0.25, -0.2) is 4.98 Å². The Morgan fingerprint density at radius 3 is 2.85 bits per heavy atom. The summed E-state index contributed by atoms with van der Waals surface area (Å²) in [4.78, 5) is 4.52. The highest BCUT2D eigenvalue weighted by molar-refractivity contribution is 7.94. The molecule has 1 aromatic carbocycles. The smallest absolute Gasteiger partial charge is 0.123 e. The highest BCUT2D eigenvalue weighted by Gasteiger charge is 1.97. The summed E-state index contributed by atoms with van der Waals surface area (Å²) in [5, 5.41) is 1.88. The first-order valence-corrected chi connectivity index (χ1v) is 4.45. The van der Waals surface area contributed by atoms with Crippen molar-refractivity contribution < 1.29 is 3.89 Å². The molecule has 0 aliphatic rings. The zero-order valence-electron chi connectivity index (χ0n) is 6.70. The second-order valence-electron chi connectivity index (χ2n) is 2.70. The van der Waals surface area contributed by atoms with Crippen LogP contribution < -0.4 is 5.73 Å². The van der Waals surface area contributed by atoms with E-state index in [1.54, 1.807) is 24.4 Å². The van der Waals surface area contributed by atoms with Crippen molar-refractivity contribution in [1.29, 1.82) is 0 Å². The van der Waals surface area contributed by atoms with Gasteiger partial charge in [0.05, 0.1) is 12.1 Å². The van der Waals surface area contributed by atoms with Gasteiger partial charge in [0.1, 0.15) is 5.82 Å². The largest absolute Gasteiger partial charge is 0.384 e. The molecule has 0 amide bonds. The van der Waals surface area contributed by atoms with E-state index in [-0.39, 0.29) is 12.1 Å². The maximum atomic E-state index is 12.2. The van der Waals surface area contributed by atoms with E-state index >= 15 is 0 Å². The number of benzene rings is 1. The van der Waals surface area contributed by atoms with Gasteiger partial charge in [0.15, 0.2) is 0 Å². The Bertz CT molecular complexity index is 445. The van der Waals surface area contributed by atoms with Crippen LogP contribution in [0.3, 0.4) is 0 Å². The number of nitrogen functional groups attached to an aromatic ring is 1. The van der Waals surface area contributed by atoms with Gasteiger partial charge in [-0.15, -0.1) is 0 Å². The van der Waals surface area contributed by atoms with Gasteiger partial charge in [-0.3, -0.25) is 0 Å². The minimum absolute atomic E-state index is 0.228. The minimum Gasteiger partial charge on any atom is -0.384 e. The molecule has 2 rings (SSSR count). The number of anilines is 1. The second-order valence-corrected chi connectivity index (χ2v) is 3.32. The molecule has 0 saturated carbocycles. The molecule has 0 spiro atoms. The Morgan fingerprint density at radius 2 is 2.08 bits per heavy atom. The van der Waals surface area contributed by atoms with Crippen molar-refractivity contribution in [2.75, 3.05) is 5.73 Å². The number of pyridine rings is 1. The number of halogens is 1. The van der Waals surface area contributed by atoms with Crippen molar-refractivity contribution in [3.05, 3.63) is 30.5 Å². The molecule has 0 saturated heterocycles. The van der Waals surface area contributed by atoms with Crippen LogP contribution in [0.2, 0.25) is 0 Å². The third-order valence-electron chi connectivity index (χ3n) is 1.80. The summed E-state index contributed by atoms with van der Waals surface area (Å²) in [6, 6.07) is 7.02. The van der Waals surface area contributed by atoms with E-state index in [0.29, 0.717) is 10.7 Å². The summed E-state index contributed by atoms with van der Waals surface area (Å²) in [7, 11) is 0. The first-order valence-electron chi connectivity index (χ1n) is 3.73. The van der Waals surface area contributed by atoms with Crippen LogP contribution in [0.4, 0.5) is 9.70 Å². The molecule has 2 aromatic rings.